The molecule has 0 aliphatic rings. The third-order valence-electron chi connectivity index (χ3n) is 3.82. The highest BCUT2D eigenvalue weighted by atomic mass is 32.2. The Balaban J connectivity index is 1.67. The predicted octanol–water partition coefficient (Wildman–Crippen LogP) is 5.54. The number of benzene rings is 3. The summed E-state index contributed by atoms with van der Waals surface area (Å²) >= 11 is 0. The molecule has 0 aromatic heterocycles. The van der Waals surface area contributed by atoms with Crippen LogP contribution in [0.2, 0.25) is 0 Å². The van der Waals surface area contributed by atoms with E-state index in [0.29, 0.717) is 12.3 Å². The maximum absolute atomic E-state index is 11.3. The van der Waals surface area contributed by atoms with Gasteiger partial charge in [0.15, 0.2) is 0 Å². The molecule has 3 rings (SSSR count). The van der Waals surface area contributed by atoms with E-state index in [2.05, 4.69) is 15.0 Å². The molecule has 0 radical (unpaired) electrons. The minimum atomic E-state index is -3.27. The molecule has 6 nitrogen and oxygen atoms in total. The van der Waals surface area contributed by atoms with Gasteiger partial charge in [-0.2, -0.15) is 10.2 Å². The van der Waals surface area contributed by atoms with E-state index < -0.39 is 10.0 Å². The lowest BCUT2D eigenvalue weighted by atomic mass is 10.1. The van der Waals surface area contributed by atoms with E-state index in [-0.39, 0.29) is 0 Å². The Morgan fingerprint density at radius 2 is 1.25 bits per heavy atom. The molecule has 0 bridgehead atoms. The Bertz CT molecular complexity index is 1040. The van der Waals surface area contributed by atoms with Crippen molar-refractivity contribution in [1.82, 2.24) is 0 Å². The number of hydrogen-bond donors (Lipinski definition) is 1. The second-order valence-corrected chi connectivity index (χ2v) is 7.87. The lowest BCUT2D eigenvalue weighted by molar-refractivity contribution is 0.340. The van der Waals surface area contributed by atoms with Crippen molar-refractivity contribution in [3.05, 3.63) is 72.8 Å². The summed E-state index contributed by atoms with van der Waals surface area (Å²) in [5.74, 6) is 0.809. The van der Waals surface area contributed by atoms with Crippen molar-refractivity contribution >= 4 is 27.1 Å². The monoisotopic (exact) mass is 395 g/mol. The fourth-order valence-corrected chi connectivity index (χ4v) is 3.12. The average molecular weight is 395 g/mol. The van der Waals surface area contributed by atoms with Crippen molar-refractivity contribution in [2.24, 2.45) is 10.2 Å². The predicted molar refractivity (Wildman–Crippen MR) is 112 cm³/mol. The molecule has 3 aromatic rings. The van der Waals surface area contributed by atoms with Gasteiger partial charge >= 0.3 is 0 Å². The first-order chi connectivity index (χ1) is 13.4. The van der Waals surface area contributed by atoms with E-state index in [4.69, 9.17) is 4.74 Å². The van der Waals surface area contributed by atoms with Crippen LogP contribution in [0.15, 0.2) is 83.0 Å². The third-order valence-corrected chi connectivity index (χ3v) is 4.42. The van der Waals surface area contributed by atoms with Crippen LogP contribution < -0.4 is 9.46 Å². The van der Waals surface area contributed by atoms with E-state index in [1.165, 1.54) is 0 Å². The zero-order valence-corrected chi connectivity index (χ0v) is 16.5. The van der Waals surface area contributed by atoms with E-state index in [0.717, 1.165) is 34.5 Å². The van der Waals surface area contributed by atoms with Crippen LogP contribution in [0.1, 0.15) is 6.92 Å². The van der Waals surface area contributed by atoms with Crippen molar-refractivity contribution in [3.8, 4) is 16.9 Å². The normalized spacial score (nSPS) is 11.5. The Morgan fingerprint density at radius 3 is 1.71 bits per heavy atom. The molecule has 7 heteroatoms. The highest BCUT2D eigenvalue weighted by Gasteiger charge is 2.03. The van der Waals surface area contributed by atoms with Crippen LogP contribution in [0.4, 0.5) is 17.1 Å². The first kappa shape index (κ1) is 19.6. The van der Waals surface area contributed by atoms with Crippen molar-refractivity contribution in [3.63, 3.8) is 0 Å². The Kier molecular flexibility index (Phi) is 6.06. The second kappa shape index (κ2) is 8.67. The highest BCUT2D eigenvalue weighted by Crippen LogP contribution is 2.26. The summed E-state index contributed by atoms with van der Waals surface area (Å²) < 4.78 is 30.4. The standard InChI is InChI=1S/C21H21N3O3S/c1-3-27-21-14-12-19(13-15-21)23-22-18-8-4-16(5-9-18)17-6-10-20(11-7-17)24-28(2,25)26/h4-15,24H,3H2,1-2H3. The molecule has 3 aromatic carbocycles. The van der Waals surface area contributed by atoms with Gasteiger partial charge in [-0.25, -0.2) is 8.42 Å². The molecule has 0 aliphatic heterocycles. The lowest BCUT2D eigenvalue weighted by Gasteiger charge is -2.06. The van der Waals surface area contributed by atoms with E-state index >= 15 is 0 Å². The number of nitrogens with zero attached hydrogens (tertiary/aromatic N) is 2. The maximum Gasteiger partial charge on any atom is 0.229 e. The van der Waals surface area contributed by atoms with Gasteiger partial charge in [0.1, 0.15) is 5.75 Å². The number of anilines is 1. The number of nitrogens with one attached hydrogen (secondary N) is 1. The van der Waals surface area contributed by atoms with Crippen molar-refractivity contribution in [2.75, 3.05) is 17.6 Å². The minimum Gasteiger partial charge on any atom is -0.494 e. The summed E-state index contributed by atoms with van der Waals surface area (Å²) in [5.41, 5.74) is 4.02. The van der Waals surface area contributed by atoms with E-state index in [9.17, 15) is 8.42 Å². The van der Waals surface area contributed by atoms with Crippen LogP contribution in [-0.4, -0.2) is 21.3 Å². The van der Waals surface area contributed by atoms with E-state index in [1.54, 1.807) is 12.1 Å². The molecular weight excluding hydrogens is 374 g/mol. The molecule has 28 heavy (non-hydrogen) atoms. The number of sulfonamides is 1. The van der Waals surface area contributed by atoms with Gasteiger partial charge in [-0.05, 0) is 66.6 Å². The third kappa shape index (κ3) is 5.65. The summed E-state index contributed by atoms with van der Waals surface area (Å²) in [6.45, 7) is 2.57. The second-order valence-electron chi connectivity index (χ2n) is 6.13. The van der Waals surface area contributed by atoms with Crippen molar-refractivity contribution in [1.29, 1.82) is 0 Å². The smallest absolute Gasteiger partial charge is 0.229 e. The van der Waals surface area contributed by atoms with Gasteiger partial charge in [0, 0.05) is 5.69 Å². The number of ether oxygens (including phenoxy) is 1. The van der Waals surface area contributed by atoms with Gasteiger partial charge in [-0.1, -0.05) is 24.3 Å². The molecular formula is C21H21N3O3S. The van der Waals surface area contributed by atoms with Crippen LogP contribution in [0, 0.1) is 0 Å². The van der Waals surface area contributed by atoms with Crippen molar-refractivity contribution in [2.45, 2.75) is 6.92 Å². The van der Waals surface area contributed by atoms with Crippen molar-refractivity contribution < 1.29 is 13.2 Å². The first-order valence-electron chi connectivity index (χ1n) is 8.76. The fourth-order valence-electron chi connectivity index (χ4n) is 2.56. The quantitative estimate of drug-likeness (QED) is 0.533. The summed E-state index contributed by atoms with van der Waals surface area (Å²) in [6, 6.07) is 22.3. The number of hydrogen-bond acceptors (Lipinski definition) is 5. The van der Waals surface area contributed by atoms with Gasteiger partial charge in [0.05, 0.1) is 24.2 Å². The van der Waals surface area contributed by atoms with E-state index in [1.807, 2.05) is 67.6 Å². The van der Waals surface area contributed by atoms with Gasteiger partial charge in [0.25, 0.3) is 0 Å². The van der Waals surface area contributed by atoms with Crippen LogP contribution in [0.5, 0.6) is 5.75 Å². The van der Waals surface area contributed by atoms with Gasteiger partial charge in [0.2, 0.25) is 10.0 Å². The van der Waals surface area contributed by atoms with Crippen LogP contribution in [0.25, 0.3) is 11.1 Å². The molecule has 0 saturated heterocycles. The van der Waals surface area contributed by atoms with Crippen LogP contribution in [0.3, 0.4) is 0 Å². The summed E-state index contributed by atoms with van der Waals surface area (Å²) in [6.07, 6.45) is 1.13. The molecule has 0 spiro atoms. The maximum atomic E-state index is 11.3. The highest BCUT2D eigenvalue weighted by molar-refractivity contribution is 7.92. The van der Waals surface area contributed by atoms with Gasteiger partial charge in [-0.3, -0.25) is 4.72 Å². The topological polar surface area (TPSA) is 80.1 Å². The molecule has 0 saturated carbocycles. The minimum absolute atomic E-state index is 0.534. The molecule has 0 unspecified atom stereocenters. The first-order valence-corrected chi connectivity index (χ1v) is 10.6. The zero-order chi connectivity index (χ0) is 20.0. The molecule has 0 heterocycles. The fraction of sp³-hybridized carbons (Fsp3) is 0.143. The van der Waals surface area contributed by atoms with Crippen LogP contribution >= 0.6 is 0 Å². The van der Waals surface area contributed by atoms with Crippen LogP contribution in [-0.2, 0) is 10.0 Å². The lowest BCUT2D eigenvalue weighted by Crippen LogP contribution is -2.09. The summed E-state index contributed by atoms with van der Waals surface area (Å²) in [7, 11) is -3.27. The van der Waals surface area contributed by atoms with Gasteiger partial charge in [-0.15, -0.1) is 0 Å². The molecule has 0 atom stereocenters. The largest absolute Gasteiger partial charge is 0.494 e. The number of rotatable bonds is 7. The van der Waals surface area contributed by atoms with Gasteiger partial charge < -0.3 is 4.74 Å². The molecule has 0 amide bonds. The summed E-state index contributed by atoms with van der Waals surface area (Å²) in [4.78, 5) is 0. The zero-order valence-electron chi connectivity index (χ0n) is 15.7. The Labute approximate surface area is 165 Å². The SMILES string of the molecule is CCOc1ccc(N=Nc2ccc(-c3ccc(NS(C)(=O)=O)cc3)cc2)cc1. The molecule has 0 aliphatic carbocycles. The molecule has 1 N–H and O–H groups in total. The molecule has 0 fully saturated rings. The Morgan fingerprint density at radius 1 is 0.786 bits per heavy atom. The molecule has 144 valence electrons. The number of azo groups is 1. The summed E-state index contributed by atoms with van der Waals surface area (Å²) in [5, 5.41) is 8.48. The average Bonchev–Trinajstić information content (AvgIpc) is 2.68. The Hall–Kier alpha value is -3.19.